The molecular formula is C15H9Cl4NO. The van der Waals surface area contributed by atoms with Gasteiger partial charge in [-0.15, -0.1) is 0 Å². The summed E-state index contributed by atoms with van der Waals surface area (Å²) in [5.74, 6) is -0.366. The summed E-state index contributed by atoms with van der Waals surface area (Å²) in [6.07, 6.45) is 2.86. The molecule has 1 amide bonds. The third kappa shape index (κ3) is 4.39. The Morgan fingerprint density at radius 3 is 2.29 bits per heavy atom. The summed E-state index contributed by atoms with van der Waals surface area (Å²) in [7, 11) is 0. The molecule has 2 rings (SSSR count). The first-order valence-electron chi connectivity index (χ1n) is 5.85. The smallest absolute Gasteiger partial charge is 0.248 e. The van der Waals surface area contributed by atoms with Crippen LogP contribution in [0.5, 0.6) is 0 Å². The number of benzene rings is 2. The van der Waals surface area contributed by atoms with Gasteiger partial charge in [0.15, 0.2) is 0 Å². The zero-order valence-electron chi connectivity index (χ0n) is 10.5. The molecule has 0 heterocycles. The van der Waals surface area contributed by atoms with Crippen LogP contribution in [0.4, 0.5) is 5.69 Å². The molecule has 0 aliphatic rings. The van der Waals surface area contributed by atoms with Crippen LogP contribution in [0.3, 0.4) is 0 Å². The van der Waals surface area contributed by atoms with Gasteiger partial charge < -0.3 is 5.32 Å². The molecule has 6 heteroatoms. The highest BCUT2D eigenvalue weighted by molar-refractivity contribution is 6.37. The van der Waals surface area contributed by atoms with Gasteiger partial charge in [0.1, 0.15) is 0 Å². The molecule has 0 spiro atoms. The van der Waals surface area contributed by atoms with E-state index in [1.807, 2.05) is 0 Å². The maximum atomic E-state index is 11.9. The van der Waals surface area contributed by atoms with Gasteiger partial charge in [-0.05, 0) is 36.4 Å². The predicted octanol–water partition coefficient (Wildman–Crippen LogP) is 5.95. The number of carbonyl (C=O) groups is 1. The summed E-state index contributed by atoms with van der Waals surface area (Å²) in [4.78, 5) is 11.9. The predicted molar refractivity (Wildman–Crippen MR) is 90.6 cm³/mol. The van der Waals surface area contributed by atoms with E-state index in [1.165, 1.54) is 6.08 Å². The minimum atomic E-state index is -0.366. The molecule has 0 unspecified atom stereocenters. The number of nitrogens with one attached hydrogen (secondary N) is 1. The van der Waals surface area contributed by atoms with Gasteiger partial charge >= 0.3 is 0 Å². The second kappa shape index (κ2) is 7.19. The second-order valence-electron chi connectivity index (χ2n) is 4.08. The summed E-state index contributed by atoms with van der Waals surface area (Å²) >= 11 is 23.8. The number of hydrogen-bond acceptors (Lipinski definition) is 1. The lowest BCUT2D eigenvalue weighted by Crippen LogP contribution is -2.08. The molecule has 21 heavy (non-hydrogen) atoms. The number of hydrogen-bond donors (Lipinski definition) is 1. The molecule has 108 valence electrons. The van der Waals surface area contributed by atoms with Crippen molar-refractivity contribution in [2.45, 2.75) is 0 Å². The van der Waals surface area contributed by atoms with Crippen molar-refractivity contribution in [2.24, 2.45) is 0 Å². The van der Waals surface area contributed by atoms with Crippen LogP contribution >= 0.6 is 46.4 Å². The van der Waals surface area contributed by atoms with Crippen LogP contribution in [0, 0.1) is 0 Å². The van der Waals surface area contributed by atoms with Crippen LogP contribution in [0.25, 0.3) is 6.08 Å². The molecule has 0 aromatic heterocycles. The Morgan fingerprint density at radius 2 is 1.62 bits per heavy atom. The van der Waals surface area contributed by atoms with Crippen LogP contribution in [0.2, 0.25) is 20.1 Å². The van der Waals surface area contributed by atoms with E-state index in [9.17, 15) is 4.79 Å². The van der Waals surface area contributed by atoms with Crippen molar-refractivity contribution >= 4 is 64.1 Å². The number of anilines is 1. The molecule has 1 N–H and O–H groups in total. The Hall–Kier alpha value is -1.19. The van der Waals surface area contributed by atoms with E-state index < -0.39 is 0 Å². The average molecular weight is 361 g/mol. The normalized spacial score (nSPS) is 10.9. The maximum Gasteiger partial charge on any atom is 0.248 e. The summed E-state index contributed by atoms with van der Waals surface area (Å²) in [6.45, 7) is 0. The largest absolute Gasteiger partial charge is 0.321 e. The molecule has 2 nitrogen and oxygen atoms in total. The Kier molecular flexibility index (Phi) is 5.54. The first-order chi connectivity index (χ1) is 9.97. The Balaban J connectivity index is 2.15. The van der Waals surface area contributed by atoms with Crippen LogP contribution in [-0.4, -0.2) is 5.91 Å². The van der Waals surface area contributed by atoms with Crippen LogP contribution < -0.4 is 5.32 Å². The molecule has 0 saturated carbocycles. The number of amides is 1. The van der Waals surface area contributed by atoms with E-state index in [0.29, 0.717) is 31.3 Å². The number of rotatable bonds is 3. The molecule has 0 fully saturated rings. The fourth-order valence-electron chi connectivity index (χ4n) is 1.60. The van der Waals surface area contributed by atoms with Crippen LogP contribution in [0.15, 0.2) is 42.5 Å². The van der Waals surface area contributed by atoms with E-state index in [2.05, 4.69) is 5.32 Å². The van der Waals surface area contributed by atoms with E-state index in [4.69, 9.17) is 46.4 Å². The van der Waals surface area contributed by atoms with E-state index in [1.54, 1.807) is 42.5 Å². The Labute approximate surface area is 142 Å². The summed E-state index contributed by atoms with van der Waals surface area (Å²) < 4.78 is 0. The van der Waals surface area contributed by atoms with Crippen molar-refractivity contribution in [3.05, 3.63) is 68.1 Å². The molecule has 0 aliphatic heterocycles. The zero-order valence-corrected chi connectivity index (χ0v) is 13.6. The standard InChI is InChI=1S/C15H9Cl4NO/c16-9-4-6-13(19)14(8-9)20-15(21)7-5-10-11(17)2-1-3-12(10)18/h1-8H,(H,20,21). The summed E-state index contributed by atoms with van der Waals surface area (Å²) in [5, 5.41) is 4.44. The summed E-state index contributed by atoms with van der Waals surface area (Å²) in [6, 6.07) is 9.93. The Morgan fingerprint density at radius 1 is 0.952 bits per heavy atom. The lowest BCUT2D eigenvalue weighted by atomic mass is 10.2. The molecular weight excluding hydrogens is 352 g/mol. The van der Waals surface area contributed by atoms with Gasteiger partial charge in [-0.3, -0.25) is 4.79 Å². The van der Waals surface area contributed by atoms with E-state index in [-0.39, 0.29) is 5.91 Å². The number of halogens is 4. The minimum Gasteiger partial charge on any atom is -0.321 e. The van der Waals surface area contributed by atoms with Gasteiger partial charge in [0, 0.05) is 26.7 Å². The quantitative estimate of drug-likeness (QED) is 0.673. The molecule has 2 aromatic carbocycles. The molecule has 0 radical (unpaired) electrons. The zero-order chi connectivity index (χ0) is 15.4. The van der Waals surface area contributed by atoms with Crippen LogP contribution in [0.1, 0.15) is 5.56 Å². The van der Waals surface area contributed by atoms with Crippen molar-refractivity contribution < 1.29 is 4.79 Å². The van der Waals surface area contributed by atoms with Crippen molar-refractivity contribution in [3.8, 4) is 0 Å². The highest BCUT2D eigenvalue weighted by Crippen LogP contribution is 2.27. The van der Waals surface area contributed by atoms with Crippen molar-refractivity contribution in [1.29, 1.82) is 0 Å². The fourth-order valence-corrected chi connectivity index (χ4v) is 2.46. The maximum absolute atomic E-state index is 11.9. The van der Waals surface area contributed by atoms with E-state index >= 15 is 0 Å². The van der Waals surface area contributed by atoms with Gasteiger partial charge in [-0.2, -0.15) is 0 Å². The van der Waals surface area contributed by atoms with Crippen molar-refractivity contribution in [2.75, 3.05) is 5.32 Å². The molecule has 0 bridgehead atoms. The van der Waals surface area contributed by atoms with Gasteiger partial charge in [0.25, 0.3) is 0 Å². The minimum absolute atomic E-state index is 0.366. The fraction of sp³-hybridized carbons (Fsp3) is 0. The van der Waals surface area contributed by atoms with Crippen molar-refractivity contribution in [3.63, 3.8) is 0 Å². The Bertz CT molecular complexity index is 693. The average Bonchev–Trinajstić information content (AvgIpc) is 2.42. The lowest BCUT2D eigenvalue weighted by molar-refractivity contribution is -0.111. The van der Waals surface area contributed by atoms with Crippen molar-refractivity contribution in [1.82, 2.24) is 0 Å². The lowest BCUT2D eigenvalue weighted by Gasteiger charge is -2.05. The molecule has 2 aromatic rings. The second-order valence-corrected chi connectivity index (χ2v) is 5.74. The molecule has 0 aliphatic carbocycles. The molecule has 0 atom stereocenters. The monoisotopic (exact) mass is 359 g/mol. The third-order valence-electron chi connectivity index (χ3n) is 2.59. The SMILES string of the molecule is O=C(C=Cc1c(Cl)cccc1Cl)Nc1cc(Cl)ccc1Cl. The van der Waals surface area contributed by atoms with E-state index in [0.717, 1.165) is 0 Å². The first-order valence-corrected chi connectivity index (χ1v) is 7.36. The highest BCUT2D eigenvalue weighted by Gasteiger charge is 2.05. The molecule has 0 saturated heterocycles. The third-order valence-corrected chi connectivity index (χ3v) is 3.81. The van der Waals surface area contributed by atoms with Gasteiger partial charge in [0.05, 0.1) is 10.7 Å². The summed E-state index contributed by atoms with van der Waals surface area (Å²) in [5.41, 5.74) is 1.01. The highest BCUT2D eigenvalue weighted by atomic mass is 35.5. The van der Waals surface area contributed by atoms with Gasteiger partial charge in [-0.25, -0.2) is 0 Å². The topological polar surface area (TPSA) is 29.1 Å². The van der Waals surface area contributed by atoms with Crippen LogP contribution in [-0.2, 0) is 4.79 Å². The number of carbonyl (C=O) groups excluding carboxylic acids is 1. The van der Waals surface area contributed by atoms with Gasteiger partial charge in [-0.1, -0.05) is 52.5 Å². The van der Waals surface area contributed by atoms with Gasteiger partial charge in [0.2, 0.25) is 5.91 Å². The first kappa shape index (κ1) is 16.2.